The Hall–Kier alpha value is -1.88. The van der Waals surface area contributed by atoms with E-state index in [-0.39, 0.29) is 5.91 Å². The normalized spacial score (nSPS) is 22.3. The molecule has 23 heavy (non-hydrogen) atoms. The van der Waals surface area contributed by atoms with Crippen LogP contribution in [0.5, 0.6) is 0 Å². The quantitative estimate of drug-likeness (QED) is 0.834. The van der Waals surface area contributed by atoms with Crippen LogP contribution in [0.3, 0.4) is 0 Å². The number of likely N-dealkylation sites (tertiary alicyclic amines) is 1. The fourth-order valence-corrected chi connectivity index (χ4v) is 3.70. The average molecular weight is 314 g/mol. The predicted octanol–water partition coefficient (Wildman–Crippen LogP) is 2.66. The summed E-state index contributed by atoms with van der Waals surface area (Å²) in [6.45, 7) is 8.76. The summed E-state index contributed by atoms with van der Waals surface area (Å²) < 4.78 is 0. The zero-order valence-corrected chi connectivity index (χ0v) is 14.0. The monoisotopic (exact) mass is 314 g/mol. The van der Waals surface area contributed by atoms with Gasteiger partial charge in [0.2, 0.25) is 0 Å². The van der Waals surface area contributed by atoms with Crippen molar-refractivity contribution >= 4 is 16.8 Å². The minimum atomic E-state index is -0.0946. The number of carbonyl (C=O) groups is 1. The summed E-state index contributed by atoms with van der Waals surface area (Å²) in [5, 5.41) is 10.9. The van der Waals surface area contributed by atoms with Crippen LogP contribution in [0.4, 0.5) is 0 Å². The maximum atomic E-state index is 12.3. The average Bonchev–Trinajstić information content (AvgIpc) is 2.94. The molecule has 1 amide bonds. The van der Waals surface area contributed by atoms with Gasteiger partial charge in [-0.3, -0.25) is 9.89 Å². The van der Waals surface area contributed by atoms with Gasteiger partial charge in [-0.15, -0.1) is 0 Å². The van der Waals surface area contributed by atoms with Crippen molar-refractivity contribution in [3.63, 3.8) is 0 Å². The van der Waals surface area contributed by atoms with Crippen molar-refractivity contribution < 1.29 is 4.79 Å². The lowest BCUT2D eigenvalue weighted by Gasteiger charge is -2.34. The minimum Gasteiger partial charge on any atom is -0.351 e. The van der Waals surface area contributed by atoms with E-state index >= 15 is 0 Å². The highest BCUT2D eigenvalue weighted by Crippen LogP contribution is 2.20. The number of piperidine rings is 1. The fourth-order valence-electron chi connectivity index (χ4n) is 3.70. The van der Waals surface area contributed by atoms with Gasteiger partial charge in [-0.1, -0.05) is 32.0 Å². The number of benzene rings is 1. The van der Waals surface area contributed by atoms with Crippen LogP contribution >= 0.6 is 0 Å². The number of carbonyl (C=O) groups excluding carboxylic acids is 1. The number of amides is 1. The third-order valence-electron chi connectivity index (χ3n) is 4.57. The molecule has 2 heterocycles. The topological polar surface area (TPSA) is 61.0 Å². The van der Waals surface area contributed by atoms with Crippen molar-refractivity contribution in [2.24, 2.45) is 11.8 Å². The van der Waals surface area contributed by atoms with E-state index in [9.17, 15) is 4.79 Å². The van der Waals surface area contributed by atoms with Crippen LogP contribution in [-0.2, 0) is 0 Å². The number of aromatic nitrogens is 2. The lowest BCUT2D eigenvalue weighted by atomic mass is 9.92. The fraction of sp³-hybridized carbons (Fsp3) is 0.556. The van der Waals surface area contributed by atoms with Gasteiger partial charge in [-0.05, 0) is 37.3 Å². The molecule has 0 bridgehead atoms. The number of H-pyrrole nitrogens is 1. The standard InChI is InChI=1S/C18H26N4O/c1-13-10-14(2)12-22(11-13)9-5-8-19-18(23)17-15-6-3-4-7-16(15)20-21-17/h3-4,6-7,13-14H,5,8-12H2,1-2H3,(H,19,23)(H,20,21)/t13-,14-/m0/s1. The first-order valence-electron chi connectivity index (χ1n) is 8.57. The van der Waals surface area contributed by atoms with Gasteiger partial charge in [-0.25, -0.2) is 0 Å². The van der Waals surface area contributed by atoms with Crippen molar-refractivity contribution in [3.8, 4) is 0 Å². The molecule has 0 aliphatic carbocycles. The van der Waals surface area contributed by atoms with Crippen LogP contribution in [-0.4, -0.2) is 47.2 Å². The van der Waals surface area contributed by atoms with Gasteiger partial charge >= 0.3 is 0 Å². The van der Waals surface area contributed by atoms with Crippen LogP contribution in [0.15, 0.2) is 24.3 Å². The first-order valence-corrected chi connectivity index (χ1v) is 8.57. The number of hydrogen-bond acceptors (Lipinski definition) is 3. The molecular weight excluding hydrogens is 288 g/mol. The molecule has 1 aliphatic heterocycles. The van der Waals surface area contributed by atoms with E-state index in [1.807, 2.05) is 24.3 Å². The van der Waals surface area contributed by atoms with Crippen LogP contribution in [0, 0.1) is 11.8 Å². The molecule has 5 nitrogen and oxygen atoms in total. The first kappa shape index (κ1) is 16.0. The molecule has 2 aromatic rings. The van der Waals surface area contributed by atoms with E-state index in [1.54, 1.807) is 0 Å². The second-order valence-electron chi connectivity index (χ2n) is 6.93. The molecule has 0 spiro atoms. The van der Waals surface area contributed by atoms with Gasteiger partial charge in [0.25, 0.3) is 5.91 Å². The molecule has 0 radical (unpaired) electrons. The Kier molecular flexibility index (Phi) is 4.96. The van der Waals surface area contributed by atoms with Gasteiger partial charge in [0.1, 0.15) is 0 Å². The second kappa shape index (κ2) is 7.13. The predicted molar refractivity (Wildman–Crippen MR) is 92.4 cm³/mol. The third kappa shape index (κ3) is 3.91. The van der Waals surface area contributed by atoms with Gasteiger partial charge < -0.3 is 10.2 Å². The molecule has 1 aromatic heterocycles. The molecule has 5 heteroatoms. The van der Waals surface area contributed by atoms with Gasteiger partial charge in [0.05, 0.1) is 5.52 Å². The number of hydrogen-bond donors (Lipinski definition) is 2. The van der Waals surface area contributed by atoms with Crippen LogP contribution in [0.25, 0.3) is 10.9 Å². The van der Waals surface area contributed by atoms with Crippen LogP contribution in [0.2, 0.25) is 0 Å². The van der Waals surface area contributed by atoms with Gasteiger partial charge in [0, 0.05) is 25.0 Å². The molecule has 124 valence electrons. The van der Waals surface area contributed by atoms with Crippen molar-refractivity contribution in [2.45, 2.75) is 26.7 Å². The Morgan fingerprint density at radius 1 is 1.30 bits per heavy atom. The number of nitrogens with zero attached hydrogens (tertiary/aromatic N) is 2. The van der Waals surface area contributed by atoms with Crippen molar-refractivity contribution in [1.29, 1.82) is 0 Å². The van der Waals surface area contributed by atoms with E-state index in [0.29, 0.717) is 12.2 Å². The summed E-state index contributed by atoms with van der Waals surface area (Å²) >= 11 is 0. The molecule has 1 saturated heterocycles. The van der Waals surface area contributed by atoms with E-state index in [2.05, 4.69) is 34.3 Å². The molecule has 1 aromatic carbocycles. The Morgan fingerprint density at radius 2 is 2.04 bits per heavy atom. The maximum Gasteiger partial charge on any atom is 0.272 e. The number of aromatic amines is 1. The van der Waals surface area contributed by atoms with E-state index in [4.69, 9.17) is 0 Å². The summed E-state index contributed by atoms with van der Waals surface area (Å²) in [5.41, 5.74) is 1.38. The highest BCUT2D eigenvalue weighted by molar-refractivity contribution is 6.04. The summed E-state index contributed by atoms with van der Waals surface area (Å²) in [6, 6.07) is 7.71. The highest BCUT2D eigenvalue weighted by atomic mass is 16.1. The Bertz CT molecular complexity index is 656. The van der Waals surface area contributed by atoms with Crippen LogP contribution in [0.1, 0.15) is 37.2 Å². The van der Waals surface area contributed by atoms with E-state index < -0.39 is 0 Å². The van der Waals surface area contributed by atoms with Crippen LogP contribution < -0.4 is 5.32 Å². The molecule has 1 fully saturated rings. The summed E-state index contributed by atoms with van der Waals surface area (Å²) in [5.74, 6) is 1.47. The number of rotatable bonds is 5. The Balaban J connectivity index is 1.46. The number of para-hydroxylation sites is 1. The molecular formula is C18H26N4O. The zero-order valence-electron chi connectivity index (χ0n) is 14.0. The molecule has 0 unspecified atom stereocenters. The number of nitrogens with one attached hydrogen (secondary N) is 2. The van der Waals surface area contributed by atoms with Gasteiger partial charge in [0.15, 0.2) is 5.69 Å². The molecule has 1 aliphatic rings. The third-order valence-corrected chi connectivity index (χ3v) is 4.57. The minimum absolute atomic E-state index is 0.0946. The first-order chi connectivity index (χ1) is 11.1. The SMILES string of the molecule is C[C@H]1C[C@H](C)CN(CCCNC(=O)c2n[nH]c3ccccc23)C1. The largest absolute Gasteiger partial charge is 0.351 e. The summed E-state index contributed by atoms with van der Waals surface area (Å²) in [6.07, 6.45) is 2.31. The number of fused-ring (bicyclic) bond motifs is 1. The van der Waals surface area contributed by atoms with Crippen molar-refractivity contribution in [1.82, 2.24) is 20.4 Å². The van der Waals surface area contributed by atoms with Crippen molar-refractivity contribution in [3.05, 3.63) is 30.0 Å². The Labute approximate surface area is 137 Å². The smallest absolute Gasteiger partial charge is 0.272 e. The Morgan fingerprint density at radius 3 is 2.83 bits per heavy atom. The van der Waals surface area contributed by atoms with Gasteiger partial charge in [-0.2, -0.15) is 5.10 Å². The maximum absolute atomic E-state index is 12.3. The highest BCUT2D eigenvalue weighted by Gasteiger charge is 2.21. The molecule has 2 atom stereocenters. The molecule has 3 rings (SSSR count). The lowest BCUT2D eigenvalue weighted by Crippen LogP contribution is -2.40. The lowest BCUT2D eigenvalue weighted by molar-refractivity contribution is 0.0944. The molecule has 2 N–H and O–H groups in total. The summed E-state index contributed by atoms with van der Waals surface area (Å²) in [4.78, 5) is 14.8. The summed E-state index contributed by atoms with van der Waals surface area (Å²) in [7, 11) is 0. The van der Waals surface area contributed by atoms with E-state index in [0.717, 1.165) is 35.7 Å². The zero-order chi connectivity index (χ0) is 16.2. The second-order valence-corrected chi connectivity index (χ2v) is 6.93. The molecule has 0 saturated carbocycles. The van der Waals surface area contributed by atoms with E-state index in [1.165, 1.54) is 19.5 Å². The van der Waals surface area contributed by atoms with Crippen molar-refractivity contribution in [2.75, 3.05) is 26.2 Å².